The number of phenolic OH excluding ortho intramolecular Hbond substituents is 1. The molecular weight excluding hydrogens is 348 g/mol. The lowest BCUT2D eigenvalue weighted by atomic mass is 10.2. The number of hydrogen-bond donors (Lipinski definition) is 1. The smallest absolute Gasteiger partial charge is 0.270 e. The summed E-state index contributed by atoms with van der Waals surface area (Å²) in [6.07, 6.45) is 1.37. The number of para-hydroxylation sites is 2. The number of aromatic hydroxyl groups is 1. The van der Waals surface area contributed by atoms with Crippen molar-refractivity contribution in [2.75, 3.05) is 7.11 Å². The molecule has 3 rings (SSSR count). The predicted octanol–water partition coefficient (Wildman–Crippen LogP) is 4.85. The third-order valence-electron chi connectivity index (χ3n) is 3.71. The molecule has 0 spiro atoms. The number of methoxy groups -OCH3 is 1. The fourth-order valence-corrected chi connectivity index (χ4v) is 2.33. The van der Waals surface area contributed by atoms with Gasteiger partial charge in [0.1, 0.15) is 11.5 Å². The molecule has 3 aromatic carbocycles. The highest BCUT2D eigenvalue weighted by Gasteiger charge is 2.09. The van der Waals surface area contributed by atoms with Gasteiger partial charge in [-0.2, -0.15) is 0 Å². The van der Waals surface area contributed by atoms with Crippen LogP contribution in [-0.4, -0.2) is 23.4 Å². The summed E-state index contributed by atoms with van der Waals surface area (Å²) in [4.78, 5) is 14.5. The first-order chi connectivity index (χ1) is 13.1. The van der Waals surface area contributed by atoms with Crippen LogP contribution in [0.5, 0.6) is 23.0 Å². The number of phenols is 1. The molecule has 0 atom stereocenters. The van der Waals surface area contributed by atoms with Gasteiger partial charge in [-0.05, 0) is 42.5 Å². The maximum absolute atomic E-state index is 10.8. The van der Waals surface area contributed by atoms with Gasteiger partial charge in [-0.3, -0.25) is 15.1 Å². The molecule has 0 unspecified atom stereocenters. The van der Waals surface area contributed by atoms with Crippen molar-refractivity contribution in [3.63, 3.8) is 0 Å². The van der Waals surface area contributed by atoms with Gasteiger partial charge >= 0.3 is 0 Å². The molecule has 0 aliphatic rings. The molecular formula is C20H16N2O5. The number of benzene rings is 3. The van der Waals surface area contributed by atoms with Crippen molar-refractivity contribution in [2.45, 2.75) is 0 Å². The summed E-state index contributed by atoms with van der Waals surface area (Å²) >= 11 is 0. The molecule has 0 saturated heterocycles. The summed E-state index contributed by atoms with van der Waals surface area (Å²) in [6, 6.07) is 18.0. The Morgan fingerprint density at radius 1 is 1.04 bits per heavy atom. The van der Waals surface area contributed by atoms with Crippen LogP contribution in [0.4, 0.5) is 11.4 Å². The van der Waals surface area contributed by atoms with Gasteiger partial charge in [0.15, 0.2) is 11.5 Å². The largest absolute Gasteiger partial charge is 0.507 e. The van der Waals surface area contributed by atoms with Crippen molar-refractivity contribution in [3.05, 3.63) is 82.4 Å². The van der Waals surface area contributed by atoms with Gasteiger partial charge < -0.3 is 14.6 Å². The van der Waals surface area contributed by atoms with Crippen LogP contribution in [0.25, 0.3) is 0 Å². The van der Waals surface area contributed by atoms with Crippen molar-refractivity contribution in [2.24, 2.45) is 4.99 Å². The van der Waals surface area contributed by atoms with Crippen LogP contribution in [0.15, 0.2) is 71.7 Å². The minimum atomic E-state index is -0.527. The third-order valence-corrected chi connectivity index (χ3v) is 3.71. The molecule has 0 bridgehead atoms. The topological polar surface area (TPSA) is 94.2 Å². The maximum atomic E-state index is 10.8. The van der Waals surface area contributed by atoms with Crippen LogP contribution >= 0.6 is 0 Å². The van der Waals surface area contributed by atoms with Crippen molar-refractivity contribution in [3.8, 4) is 23.0 Å². The Hall–Kier alpha value is -3.87. The monoisotopic (exact) mass is 364 g/mol. The molecule has 0 aliphatic carbocycles. The van der Waals surface area contributed by atoms with E-state index in [4.69, 9.17) is 9.47 Å². The quantitative estimate of drug-likeness (QED) is 0.383. The van der Waals surface area contributed by atoms with Crippen LogP contribution in [0.2, 0.25) is 0 Å². The Bertz CT molecular complexity index is 984. The third kappa shape index (κ3) is 4.40. The van der Waals surface area contributed by atoms with Crippen molar-refractivity contribution in [1.29, 1.82) is 0 Å². The lowest BCUT2D eigenvalue weighted by Crippen LogP contribution is -1.90. The van der Waals surface area contributed by atoms with E-state index in [9.17, 15) is 15.2 Å². The highest BCUT2D eigenvalue weighted by atomic mass is 16.6. The summed E-state index contributed by atoms with van der Waals surface area (Å²) in [5.74, 6) is 1.75. The predicted molar refractivity (Wildman–Crippen MR) is 102 cm³/mol. The second kappa shape index (κ2) is 8.01. The fraction of sp³-hybridized carbons (Fsp3) is 0.0500. The average molecular weight is 364 g/mol. The van der Waals surface area contributed by atoms with Crippen LogP contribution < -0.4 is 9.47 Å². The number of ether oxygens (including phenoxy) is 2. The van der Waals surface area contributed by atoms with Crippen LogP contribution in [0.3, 0.4) is 0 Å². The lowest BCUT2D eigenvalue weighted by molar-refractivity contribution is -0.384. The van der Waals surface area contributed by atoms with Gasteiger partial charge in [-0.25, -0.2) is 0 Å². The summed E-state index contributed by atoms with van der Waals surface area (Å²) < 4.78 is 11.0. The van der Waals surface area contributed by atoms with Crippen molar-refractivity contribution < 1.29 is 19.5 Å². The van der Waals surface area contributed by atoms with E-state index >= 15 is 0 Å². The summed E-state index contributed by atoms with van der Waals surface area (Å²) in [5, 5.41) is 20.6. The van der Waals surface area contributed by atoms with E-state index in [1.165, 1.54) is 24.4 Å². The standard InChI is InChI=1S/C20H16N2O5/c1-26-19-4-2-3-5-20(19)27-17-9-6-15(7-10-17)21-13-14-12-16(22(24)25)8-11-18(14)23/h2-13,23H,1H3. The number of non-ortho nitro benzene ring substituents is 1. The zero-order chi connectivity index (χ0) is 19.2. The van der Waals surface area contributed by atoms with Crippen LogP contribution in [0, 0.1) is 10.1 Å². The molecule has 1 N–H and O–H groups in total. The molecule has 3 aromatic rings. The normalized spacial score (nSPS) is 10.7. The number of nitrogens with zero attached hydrogens (tertiary/aromatic N) is 2. The Labute approximate surface area is 155 Å². The number of hydrogen-bond acceptors (Lipinski definition) is 6. The second-order valence-corrected chi connectivity index (χ2v) is 5.51. The molecule has 0 amide bonds. The molecule has 0 radical (unpaired) electrons. The molecule has 7 nitrogen and oxygen atoms in total. The minimum absolute atomic E-state index is 0.0829. The van der Waals surface area contributed by atoms with Gasteiger partial charge in [0.2, 0.25) is 0 Å². The highest BCUT2D eigenvalue weighted by Crippen LogP contribution is 2.31. The number of rotatable bonds is 6. The van der Waals surface area contributed by atoms with Crippen molar-refractivity contribution in [1.82, 2.24) is 0 Å². The van der Waals surface area contributed by atoms with Gasteiger partial charge in [0, 0.05) is 23.9 Å². The molecule has 0 aromatic heterocycles. The Morgan fingerprint density at radius 3 is 2.41 bits per heavy atom. The van der Waals surface area contributed by atoms with E-state index in [0.717, 1.165) is 0 Å². The second-order valence-electron chi connectivity index (χ2n) is 5.51. The zero-order valence-electron chi connectivity index (χ0n) is 14.4. The summed E-state index contributed by atoms with van der Waals surface area (Å²) in [6.45, 7) is 0. The van der Waals surface area contributed by atoms with Crippen LogP contribution in [0.1, 0.15) is 5.56 Å². The molecule has 7 heteroatoms. The van der Waals surface area contributed by atoms with Crippen LogP contribution in [-0.2, 0) is 0 Å². The number of nitro groups is 1. The molecule has 0 heterocycles. The lowest BCUT2D eigenvalue weighted by Gasteiger charge is -2.09. The van der Waals surface area contributed by atoms with E-state index in [-0.39, 0.29) is 17.0 Å². The first-order valence-electron chi connectivity index (χ1n) is 7.99. The van der Waals surface area contributed by atoms with E-state index < -0.39 is 4.92 Å². The average Bonchev–Trinajstić information content (AvgIpc) is 2.68. The molecule has 27 heavy (non-hydrogen) atoms. The molecule has 136 valence electrons. The van der Waals surface area contributed by atoms with Gasteiger partial charge in [-0.15, -0.1) is 0 Å². The summed E-state index contributed by atoms with van der Waals surface area (Å²) in [7, 11) is 1.57. The van der Waals surface area contributed by atoms with E-state index in [2.05, 4.69) is 4.99 Å². The molecule has 0 aliphatic heterocycles. The Morgan fingerprint density at radius 2 is 1.74 bits per heavy atom. The zero-order valence-corrected chi connectivity index (χ0v) is 14.4. The number of aliphatic imine (C=N–C) groups is 1. The van der Waals surface area contributed by atoms with E-state index in [1.807, 2.05) is 12.1 Å². The molecule has 0 fully saturated rings. The van der Waals surface area contributed by atoms with E-state index in [1.54, 1.807) is 43.5 Å². The van der Waals surface area contributed by atoms with Gasteiger partial charge in [-0.1, -0.05) is 12.1 Å². The van der Waals surface area contributed by atoms with Crippen molar-refractivity contribution >= 4 is 17.6 Å². The first-order valence-corrected chi connectivity index (χ1v) is 7.99. The van der Waals surface area contributed by atoms with E-state index in [0.29, 0.717) is 22.9 Å². The fourth-order valence-electron chi connectivity index (χ4n) is 2.33. The van der Waals surface area contributed by atoms with Gasteiger partial charge in [0.05, 0.1) is 17.7 Å². The Balaban J connectivity index is 1.75. The number of nitro benzene ring substituents is 1. The highest BCUT2D eigenvalue weighted by molar-refractivity contribution is 5.86. The molecule has 0 saturated carbocycles. The maximum Gasteiger partial charge on any atom is 0.270 e. The minimum Gasteiger partial charge on any atom is -0.507 e. The summed E-state index contributed by atoms with van der Waals surface area (Å²) in [5.41, 5.74) is 0.752. The van der Waals surface area contributed by atoms with Gasteiger partial charge in [0.25, 0.3) is 5.69 Å². The SMILES string of the molecule is COc1ccccc1Oc1ccc(N=Cc2cc([N+](=O)[O-])ccc2O)cc1. The Kier molecular flexibility index (Phi) is 5.32. The first kappa shape index (κ1) is 17.9.